The Labute approximate surface area is 210 Å². The summed E-state index contributed by atoms with van der Waals surface area (Å²) in [5.74, 6) is -0.883. The zero-order chi connectivity index (χ0) is 25.7. The molecule has 4 heterocycles. The number of aromatic nitrogens is 3. The summed E-state index contributed by atoms with van der Waals surface area (Å²) in [6.07, 6.45) is 5.39. The fourth-order valence-electron chi connectivity index (χ4n) is 4.28. The first-order valence-electron chi connectivity index (χ1n) is 11.9. The second kappa shape index (κ2) is 9.23. The third-order valence-corrected chi connectivity index (χ3v) is 13.2. The minimum Gasteiger partial charge on any atom is -0.413 e. The quantitative estimate of drug-likeness (QED) is 0.265. The molecule has 188 valence electrons. The largest absolute Gasteiger partial charge is 0.413 e. The second-order valence-electron chi connectivity index (χ2n) is 10.9. The van der Waals surface area contributed by atoms with Crippen molar-refractivity contribution in [3.63, 3.8) is 0 Å². The SMILES string of the molecule is C[C@@H](O[Si](C)(C)C(C)(C)C)[C@H]1C(=O)N[C@@H]1[C@@H](C)C(=O)c1cn2cnc(C(O)c3cccnc3)c2s1. The van der Waals surface area contributed by atoms with Crippen LogP contribution < -0.4 is 5.32 Å². The maximum Gasteiger partial charge on any atom is 0.228 e. The predicted molar refractivity (Wildman–Crippen MR) is 138 cm³/mol. The van der Waals surface area contributed by atoms with Gasteiger partial charge in [-0.05, 0) is 31.1 Å². The van der Waals surface area contributed by atoms with Gasteiger partial charge >= 0.3 is 0 Å². The molecule has 2 N–H and O–H groups in total. The lowest BCUT2D eigenvalue weighted by atomic mass is 9.77. The molecule has 0 aliphatic carbocycles. The number of aliphatic hydroxyl groups excluding tert-OH is 1. The van der Waals surface area contributed by atoms with E-state index in [1.807, 2.05) is 13.8 Å². The summed E-state index contributed by atoms with van der Waals surface area (Å²) in [6.45, 7) is 14.7. The second-order valence-corrected chi connectivity index (χ2v) is 16.7. The van der Waals surface area contributed by atoms with Gasteiger partial charge in [0.2, 0.25) is 5.91 Å². The van der Waals surface area contributed by atoms with Gasteiger partial charge in [0.15, 0.2) is 14.1 Å². The molecular formula is C25H34N4O4SSi. The molecule has 0 radical (unpaired) electrons. The van der Waals surface area contributed by atoms with Gasteiger partial charge in [-0.2, -0.15) is 0 Å². The van der Waals surface area contributed by atoms with E-state index in [4.69, 9.17) is 4.43 Å². The number of aliphatic hydroxyl groups is 1. The number of imidazole rings is 1. The van der Waals surface area contributed by atoms with Gasteiger partial charge in [0.1, 0.15) is 23.0 Å². The Kier molecular flexibility index (Phi) is 6.78. The maximum absolute atomic E-state index is 13.4. The van der Waals surface area contributed by atoms with Crippen LogP contribution in [0.5, 0.6) is 0 Å². The van der Waals surface area contributed by atoms with Crippen molar-refractivity contribution in [1.82, 2.24) is 19.7 Å². The number of nitrogens with zero attached hydrogens (tertiary/aromatic N) is 3. The summed E-state index contributed by atoms with van der Waals surface area (Å²) in [6, 6.07) is 3.27. The van der Waals surface area contributed by atoms with Gasteiger partial charge in [0.05, 0.1) is 22.9 Å². The van der Waals surface area contributed by atoms with E-state index in [2.05, 4.69) is 49.1 Å². The summed E-state index contributed by atoms with van der Waals surface area (Å²) >= 11 is 1.30. The van der Waals surface area contributed by atoms with Crippen molar-refractivity contribution >= 4 is 36.2 Å². The molecule has 0 saturated carbocycles. The van der Waals surface area contributed by atoms with Crippen molar-refractivity contribution in [3.8, 4) is 0 Å². The van der Waals surface area contributed by atoms with Crippen molar-refractivity contribution in [2.75, 3.05) is 0 Å². The van der Waals surface area contributed by atoms with Crippen LogP contribution in [0.4, 0.5) is 0 Å². The van der Waals surface area contributed by atoms with E-state index in [-0.39, 0.29) is 34.8 Å². The maximum atomic E-state index is 13.4. The lowest BCUT2D eigenvalue weighted by Gasteiger charge is -2.46. The monoisotopic (exact) mass is 514 g/mol. The van der Waals surface area contributed by atoms with Crippen LogP contribution in [0.15, 0.2) is 37.1 Å². The van der Waals surface area contributed by atoms with E-state index in [0.29, 0.717) is 21.0 Å². The van der Waals surface area contributed by atoms with Gasteiger partial charge in [0.25, 0.3) is 0 Å². The summed E-state index contributed by atoms with van der Waals surface area (Å²) in [5, 5.41) is 13.8. The van der Waals surface area contributed by atoms with Gasteiger partial charge in [-0.1, -0.05) is 33.8 Å². The molecule has 4 rings (SSSR count). The minimum atomic E-state index is -2.06. The van der Waals surface area contributed by atoms with Crippen LogP contribution in [0.2, 0.25) is 18.1 Å². The molecule has 10 heteroatoms. The Morgan fingerprint density at radius 3 is 2.63 bits per heavy atom. The fraction of sp³-hybridized carbons (Fsp3) is 0.520. The first kappa shape index (κ1) is 25.7. The highest BCUT2D eigenvalue weighted by Gasteiger charge is 2.50. The van der Waals surface area contributed by atoms with Gasteiger partial charge in [-0.15, -0.1) is 11.3 Å². The number of β-lactam (4-membered cyclic amide) rings is 1. The van der Waals surface area contributed by atoms with Crippen LogP contribution >= 0.6 is 11.3 Å². The number of hydrogen-bond acceptors (Lipinski definition) is 7. The number of nitrogens with one attached hydrogen (secondary N) is 1. The van der Waals surface area contributed by atoms with Gasteiger partial charge in [0, 0.05) is 30.1 Å². The van der Waals surface area contributed by atoms with Crippen LogP contribution in [-0.4, -0.2) is 51.6 Å². The molecule has 0 spiro atoms. The van der Waals surface area contributed by atoms with Gasteiger partial charge in [-0.25, -0.2) is 4.98 Å². The normalized spacial score (nSPS) is 21.3. The van der Waals surface area contributed by atoms with Crippen LogP contribution in [0.1, 0.15) is 61.7 Å². The number of rotatable bonds is 8. The van der Waals surface area contributed by atoms with Crippen molar-refractivity contribution in [1.29, 1.82) is 0 Å². The fourth-order valence-corrected chi connectivity index (χ4v) is 6.84. The molecule has 5 atom stereocenters. The smallest absolute Gasteiger partial charge is 0.228 e. The summed E-state index contributed by atoms with van der Waals surface area (Å²) in [4.78, 5) is 35.6. The molecule has 0 aromatic carbocycles. The Hall–Kier alpha value is -2.40. The van der Waals surface area contributed by atoms with E-state index in [0.717, 1.165) is 0 Å². The van der Waals surface area contributed by atoms with Crippen LogP contribution in [0.25, 0.3) is 4.83 Å². The van der Waals surface area contributed by atoms with Crippen molar-refractivity contribution < 1.29 is 19.1 Å². The molecule has 1 amide bonds. The Morgan fingerprint density at radius 1 is 1.31 bits per heavy atom. The van der Waals surface area contributed by atoms with E-state index >= 15 is 0 Å². The molecule has 1 aliphatic heterocycles. The van der Waals surface area contributed by atoms with E-state index in [1.54, 1.807) is 41.5 Å². The van der Waals surface area contributed by atoms with Crippen LogP contribution in [-0.2, 0) is 9.22 Å². The highest BCUT2D eigenvalue weighted by molar-refractivity contribution is 7.19. The first-order chi connectivity index (χ1) is 16.3. The van der Waals surface area contributed by atoms with E-state index in [9.17, 15) is 14.7 Å². The lowest BCUT2D eigenvalue weighted by Crippen LogP contribution is -2.66. The van der Waals surface area contributed by atoms with Crippen molar-refractivity contribution in [2.24, 2.45) is 11.8 Å². The molecule has 1 saturated heterocycles. The molecule has 8 nitrogen and oxygen atoms in total. The van der Waals surface area contributed by atoms with Crippen molar-refractivity contribution in [3.05, 3.63) is 53.2 Å². The molecule has 0 bridgehead atoms. The van der Waals surface area contributed by atoms with Crippen LogP contribution in [0, 0.1) is 11.8 Å². The van der Waals surface area contributed by atoms with Crippen LogP contribution in [0.3, 0.4) is 0 Å². The topological polar surface area (TPSA) is 106 Å². The highest BCUT2D eigenvalue weighted by Crippen LogP contribution is 2.40. The number of thiazole rings is 1. The molecule has 3 aromatic heterocycles. The number of Topliss-reactive ketones (excluding diaryl/α,β-unsaturated/α-hetero) is 1. The molecule has 35 heavy (non-hydrogen) atoms. The lowest BCUT2D eigenvalue weighted by molar-refractivity contribution is -0.141. The number of ketones is 1. The standard InChI is InChI=1S/C25H34N4O4SSi/c1-14(19-18(23(32)28-19)15(2)33-35(6,7)25(3,4)5)21(30)17-12-29-13-27-20(24(29)34-17)22(31)16-9-8-10-26-11-16/h8-15,18-19,22,31H,1-7H3,(H,28,32)/t14-,15-,18-,19-,22?/m1/s1. The number of pyridine rings is 1. The Bertz CT molecular complexity index is 1230. The number of fused-ring (bicyclic) bond motifs is 1. The molecule has 1 fully saturated rings. The average Bonchev–Trinajstić information content (AvgIpc) is 3.36. The zero-order valence-corrected chi connectivity index (χ0v) is 23.1. The summed E-state index contributed by atoms with van der Waals surface area (Å²) in [5.41, 5.74) is 1.12. The minimum absolute atomic E-state index is 0.0311. The third kappa shape index (κ3) is 4.72. The third-order valence-electron chi connectivity index (χ3n) is 7.48. The van der Waals surface area contributed by atoms with Crippen molar-refractivity contribution in [2.45, 2.75) is 71.0 Å². The molecule has 1 aliphatic rings. The van der Waals surface area contributed by atoms with Gasteiger partial charge in [-0.3, -0.25) is 19.0 Å². The molecule has 1 unspecified atom stereocenters. The summed E-state index contributed by atoms with van der Waals surface area (Å²) in [7, 11) is -2.06. The molecule has 3 aromatic rings. The Morgan fingerprint density at radius 2 is 2.03 bits per heavy atom. The van der Waals surface area contributed by atoms with E-state index < -0.39 is 20.3 Å². The van der Waals surface area contributed by atoms with E-state index in [1.165, 1.54) is 11.3 Å². The number of carbonyl (C=O) groups is 2. The number of amides is 1. The average molecular weight is 515 g/mol. The number of hydrogen-bond donors (Lipinski definition) is 2. The number of carbonyl (C=O) groups excluding carboxylic acids is 2. The summed E-state index contributed by atoms with van der Waals surface area (Å²) < 4.78 is 8.25. The zero-order valence-electron chi connectivity index (χ0n) is 21.3. The highest BCUT2D eigenvalue weighted by atomic mass is 32.1. The predicted octanol–water partition coefficient (Wildman–Crippen LogP) is 4.22. The Balaban J connectivity index is 1.52. The first-order valence-corrected chi connectivity index (χ1v) is 15.6. The molecular weight excluding hydrogens is 480 g/mol. The van der Waals surface area contributed by atoms with Gasteiger partial charge < -0.3 is 14.8 Å².